The SMILES string of the molecule is Cc1c2ccc(c1Cl)O[C@H](CN1CCN(C)CC1)CCOc1ccc(OCc3ccnc(-c4ccc(O)cc4)n3)c(c1)C[C@H](C(=O)O)Oc1ncnc3sc(-c4ccc(F)cc4)c-2c13. The molecule has 16 heteroatoms. The average molecular weight is 903 g/mol. The number of thiophene rings is 1. The van der Waals surface area contributed by atoms with Crippen molar-refractivity contribution >= 4 is 39.1 Å². The second-order valence-electron chi connectivity index (χ2n) is 15.8. The minimum atomic E-state index is -1.44. The molecule has 0 unspecified atom stereocenters. The lowest BCUT2D eigenvalue weighted by atomic mass is 9.95. The van der Waals surface area contributed by atoms with Crippen LogP contribution in [-0.4, -0.2) is 105 Å². The number of carbonyl (C=O) groups is 1. The number of fused-ring (bicyclic) bond motifs is 8. The molecule has 7 aromatic rings. The van der Waals surface area contributed by atoms with E-state index in [0.717, 1.165) is 53.3 Å². The summed E-state index contributed by atoms with van der Waals surface area (Å²) < 4.78 is 40.2. The van der Waals surface area contributed by atoms with Crippen molar-refractivity contribution in [2.45, 2.75) is 38.6 Å². The minimum Gasteiger partial charge on any atom is -0.508 e. The first-order valence-electron chi connectivity index (χ1n) is 20.9. The Morgan fingerprint density at radius 2 is 1.73 bits per heavy atom. The van der Waals surface area contributed by atoms with E-state index in [2.05, 4.69) is 36.8 Å². The molecule has 1 saturated heterocycles. The molecule has 3 aromatic heterocycles. The van der Waals surface area contributed by atoms with E-state index in [1.54, 1.807) is 66.9 Å². The second kappa shape index (κ2) is 18.8. The topological polar surface area (TPSA) is 152 Å². The number of piperazine rings is 1. The number of ether oxygens (including phenoxy) is 4. The van der Waals surface area contributed by atoms with Crippen LogP contribution in [0.25, 0.3) is 43.2 Å². The molecule has 2 atom stereocenters. The number of halogens is 2. The molecule has 2 N–H and O–H groups in total. The number of carboxylic acid groups (broad SMARTS) is 1. The molecule has 1 fully saturated rings. The Morgan fingerprint density at radius 1 is 0.953 bits per heavy atom. The van der Waals surface area contributed by atoms with Crippen LogP contribution in [0.4, 0.5) is 4.39 Å². The third-order valence-electron chi connectivity index (χ3n) is 11.4. The van der Waals surface area contributed by atoms with Crippen LogP contribution in [0, 0.1) is 12.7 Å². The molecule has 6 heterocycles. The van der Waals surface area contributed by atoms with Gasteiger partial charge in [-0.1, -0.05) is 29.8 Å². The smallest absolute Gasteiger partial charge is 0.345 e. The van der Waals surface area contributed by atoms with Crippen LogP contribution in [0.5, 0.6) is 28.9 Å². The molecule has 328 valence electrons. The highest BCUT2D eigenvalue weighted by atomic mass is 35.5. The fourth-order valence-electron chi connectivity index (χ4n) is 7.91. The molecule has 4 aromatic carbocycles. The number of phenols is 1. The third kappa shape index (κ3) is 9.43. The number of aromatic nitrogens is 4. The first-order chi connectivity index (χ1) is 31.1. The highest BCUT2D eigenvalue weighted by Crippen LogP contribution is 2.49. The predicted molar refractivity (Wildman–Crippen MR) is 242 cm³/mol. The van der Waals surface area contributed by atoms with Gasteiger partial charge in [0.1, 0.15) is 52.7 Å². The van der Waals surface area contributed by atoms with Crippen molar-refractivity contribution in [1.29, 1.82) is 0 Å². The highest BCUT2D eigenvalue weighted by Gasteiger charge is 2.30. The normalized spacial score (nSPS) is 17.2. The van der Waals surface area contributed by atoms with Gasteiger partial charge in [0.05, 0.1) is 22.7 Å². The van der Waals surface area contributed by atoms with Crippen LogP contribution in [0.3, 0.4) is 0 Å². The number of likely N-dealkylation sites (N-methyl/N-ethyl adjacent to an activating group) is 1. The largest absolute Gasteiger partial charge is 0.508 e. The van der Waals surface area contributed by atoms with E-state index in [0.29, 0.717) is 74.7 Å². The maximum atomic E-state index is 14.3. The average Bonchev–Trinajstić information content (AvgIpc) is 3.68. The molecule has 3 aliphatic rings. The van der Waals surface area contributed by atoms with E-state index in [1.165, 1.54) is 29.8 Å². The van der Waals surface area contributed by atoms with Gasteiger partial charge in [-0.15, -0.1) is 11.3 Å². The molecule has 0 aliphatic carbocycles. The van der Waals surface area contributed by atoms with Crippen LogP contribution >= 0.6 is 22.9 Å². The first kappa shape index (κ1) is 42.9. The molecular formula is C48H44ClFN6O7S. The molecule has 0 amide bonds. The van der Waals surface area contributed by atoms with Crippen LogP contribution in [-0.2, 0) is 17.8 Å². The van der Waals surface area contributed by atoms with Gasteiger partial charge in [-0.05, 0) is 97.4 Å². The summed E-state index contributed by atoms with van der Waals surface area (Å²) in [5.74, 6) is 0.474. The fraction of sp³-hybridized carbons (Fsp3) is 0.271. The van der Waals surface area contributed by atoms with Gasteiger partial charge < -0.3 is 34.1 Å². The molecule has 0 saturated carbocycles. The zero-order valence-corrected chi connectivity index (χ0v) is 36.6. The molecule has 13 nitrogen and oxygen atoms in total. The Hall–Kier alpha value is -6.39. The maximum Gasteiger partial charge on any atom is 0.345 e. The summed E-state index contributed by atoms with van der Waals surface area (Å²) in [6.45, 7) is 6.60. The molecular weight excluding hydrogens is 859 g/mol. The van der Waals surface area contributed by atoms with Gasteiger partial charge in [0.25, 0.3) is 0 Å². The van der Waals surface area contributed by atoms with E-state index < -0.39 is 12.1 Å². The summed E-state index contributed by atoms with van der Waals surface area (Å²) in [6, 6.07) is 23.6. The second-order valence-corrected chi connectivity index (χ2v) is 17.2. The minimum absolute atomic E-state index is 0.0437. The maximum absolute atomic E-state index is 14.3. The number of hydrogen-bond donors (Lipinski definition) is 2. The van der Waals surface area contributed by atoms with Crippen LogP contribution in [0.1, 0.15) is 23.2 Å². The van der Waals surface area contributed by atoms with E-state index in [9.17, 15) is 19.4 Å². The van der Waals surface area contributed by atoms with Gasteiger partial charge in [0.15, 0.2) is 5.82 Å². The van der Waals surface area contributed by atoms with E-state index in [-0.39, 0.29) is 36.6 Å². The van der Waals surface area contributed by atoms with Crippen LogP contribution in [0.2, 0.25) is 5.02 Å². The first-order valence-corrected chi connectivity index (χ1v) is 22.1. The predicted octanol–water partition coefficient (Wildman–Crippen LogP) is 8.72. The highest BCUT2D eigenvalue weighted by molar-refractivity contribution is 7.22. The lowest BCUT2D eigenvalue weighted by molar-refractivity contribution is -0.145. The molecule has 0 radical (unpaired) electrons. The van der Waals surface area contributed by atoms with Gasteiger partial charge in [-0.25, -0.2) is 29.1 Å². The Balaban J connectivity index is 1.12. The van der Waals surface area contributed by atoms with Crippen molar-refractivity contribution in [3.8, 4) is 61.8 Å². The number of benzene rings is 4. The van der Waals surface area contributed by atoms with Crippen LogP contribution < -0.4 is 18.9 Å². The number of rotatable bonds is 8. The Kier molecular flexibility index (Phi) is 12.6. The summed E-state index contributed by atoms with van der Waals surface area (Å²) in [4.78, 5) is 37.4. The Labute approximate surface area is 377 Å². The zero-order chi connectivity index (χ0) is 44.3. The van der Waals surface area contributed by atoms with Crippen molar-refractivity contribution in [1.82, 2.24) is 29.7 Å². The zero-order valence-electron chi connectivity index (χ0n) is 35.0. The number of hydrogen-bond acceptors (Lipinski definition) is 13. The van der Waals surface area contributed by atoms with Gasteiger partial charge in [-0.2, -0.15) is 0 Å². The number of carboxylic acids is 1. The summed E-state index contributed by atoms with van der Waals surface area (Å²) in [6.07, 6.45) is 1.64. The lowest BCUT2D eigenvalue weighted by Crippen LogP contribution is -2.48. The van der Waals surface area contributed by atoms with E-state index >= 15 is 0 Å². The molecule has 0 spiro atoms. The van der Waals surface area contributed by atoms with Gasteiger partial charge in [-0.3, -0.25) is 4.90 Å². The monoisotopic (exact) mass is 902 g/mol. The van der Waals surface area contributed by atoms with Crippen LogP contribution in [0.15, 0.2) is 97.5 Å². The van der Waals surface area contributed by atoms with Crippen molar-refractivity contribution in [3.63, 3.8) is 0 Å². The third-order valence-corrected chi connectivity index (χ3v) is 13.0. The summed E-state index contributed by atoms with van der Waals surface area (Å²) in [5, 5.41) is 21.5. The van der Waals surface area contributed by atoms with E-state index in [1.807, 2.05) is 19.1 Å². The summed E-state index contributed by atoms with van der Waals surface area (Å²) in [7, 11) is 2.12. The van der Waals surface area contributed by atoms with Gasteiger partial charge in [0, 0.05) is 73.3 Å². The van der Waals surface area contributed by atoms with Crippen molar-refractivity contribution in [2.24, 2.45) is 0 Å². The summed E-state index contributed by atoms with van der Waals surface area (Å²) in [5.41, 5.74) is 4.67. The molecule has 64 heavy (non-hydrogen) atoms. The number of nitrogens with zero attached hydrogens (tertiary/aromatic N) is 6. The summed E-state index contributed by atoms with van der Waals surface area (Å²) >= 11 is 8.58. The fourth-order valence-corrected chi connectivity index (χ4v) is 9.27. The number of aromatic hydroxyl groups is 1. The van der Waals surface area contributed by atoms with Crippen molar-refractivity contribution in [2.75, 3.05) is 46.4 Å². The number of phenolic OH excluding ortho intramolecular Hbond substituents is 1. The van der Waals surface area contributed by atoms with Gasteiger partial charge in [0.2, 0.25) is 12.0 Å². The molecule has 3 aliphatic heterocycles. The van der Waals surface area contributed by atoms with E-state index in [4.69, 9.17) is 30.5 Å². The van der Waals surface area contributed by atoms with Crippen molar-refractivity contribution < 1.29 is 38.3 Å². The standard InChI is InChI=1S/C48H44ClFN6O7S/c1-28-37-12-14-39(43(28)49)62-36(25-56-20-18-55(2)19-21-56)16-22-60-35-11-13-38(61-26-33-15-17-51-45(54-33)30-5-9-34(57)10-6-30)31(23-35)24-40(48(58)59)63-46-42-41(37)44(64-47(42)53-27-52-46)29-3-7-32(50)8-4-29/h3-15,17,23,27,36,40,57H,16,18-22,24-26H2,1-2H3,(H,58,59)/t36-,40+/m0/s1. The molecule has 4 bridgehead atoms. The Bertz CT molecular complexity index is 2800. The number of aliphatic carboxylic acids is 1. The lowest BCUT2D eigenvalue weighted by Gasteiger charge is -2.34. The Morgan fingerprint density at radius 3 is 2.52 bits per heavy atom. The molecule has 10 rings (SSSR count). The van der Waals surface area contributed by atoms with Crippen molar-refractivity contribution in [3.05, 3.63) is 125 Å². The quantitative estimate of drug-likeness (QED) is 0.150. The van der Waals surface area contributed by atoms with Gasteiger partial charge >= 0.3 is 5.97 Å².